The lowest BCUT2D eigenvalue weighted by atomic mass is 10.2. The molecule has 4 N–H and O–H groups in total. The summed E-state index contributed by atoms with van der Waals surface area (Å²) in [6.45, 7) is 1.56. The summed E-state index contributed by atoms with van der Waals surface area (Å²) < 4.78 is 0.720. The van der Waals surface area contributed by atoms with Crippen molar-refractivity contribution in [2.45, 2.75) is 6.42 Å². The van der Waals surface area contributed by atoms with Gasteiger partial charge in [-0.1, -0.05) is 0 Å². The van der Waals surface area contributed by atoms with Gasteiger partial charge in [-0.15, -0.1) is 0 Å². The van der Waals surface area contributed by atoms with Gasteiger partial charge in [-0.05, 0) is 47.1 Å². The number of anilines is 1. The summed E-state index contributed by atoms with van der Waals surface area (Å²) in [7, 11) is 1.99. The van der Waals surface area contributed by atoms with Crippen molar-refractivity contribution >= 4 is 27.5 Å². The van der Waals surface area contributed by atoms with E-state index in [0.717, 1.165) is 23.1 Å². The highest BCUT2D eigenvalue weighted by Crippen LogP contribution is 2.23. The minimum atomic E-state index is -0.428. The third kappa shape index (κ3) is 3.21. The van der Waals surface area contributed by atoms with E-state index < -0.39 is 5.91 Å². The predicted octanol–water partition coefficient (Wildman–Crippen LogP) is 1.33. The first kappa shape index (κ1) is 13.0. The monoisotopic (exact) mass is 285 g/mol. The van der Waals surface area contributed by atoms with Crippen LogP contribution in [0.5, 0.6) is 0 Å². The Kier molecular flexibility index (Phi) is 4.76. The van der Waals surface area contributed by atoms with Gasteiger partial charge in [-0.3, -0.25) is 4.79 Å². The van der Waals surface area contributed by atoms with E-state index in [4.69, 9.17) is 11.5 Å². The Labute approximate surface area is 104 Å². The third-order valence-corrected chi connectivity index (χ3v) is 3.01. The molecular weight excluding hydrogens is 270 g/mol. The molecule has 1 rings (SSSR count). The summed E-state index contributed by atoms with van der Waals surface area (Å²) in [6, 6.07) is 5.48. The highest BCUT2D eigenvalue weighted by Gasteiger charge is 2.08. The van der Waals surface area contributed by atoms with Gasteiger partial charge in [0.2, 0.25) is 5.91 Å². The number of nitrogens with zero attached hydrogens (tertiary/aromatic N) is 1. The second-order valence-corrected chi connectivity index (χ2v) is 4.45. The number of nitrogens with two attached hydrogens (primary N) is 2. The molecule has 1 amide bonds. The molecule has 1 aromatic carbocycles. The third-order valence-electron chi connectivity index (χ3n) is 2.36. The van der Waals surface area contributed by atoms with Crippen LogP contribution in [0.25, 0.3) is 0 Å². The van der Waals surface area contributed by atoms with Crippen molar-refractivity contribution in [1.82, 2.24) is 0 Å². The van der Waals surface area contributed by atoms with Crippen LogP contribution in [0.2, 0.25) is 0 Å². The standard InChI is InChI=1S/C11H16BrN3O/c1-15(6-2-5-13)8-3-4-9(11(14)16)10(12)7-8/h3-4,7H,2,5-6,13H2,1H3,(H2,14,16). The summed E-state index contributed by atoms with van der Waals surface area (Å²) in [5, 5.41) is 0. The number of rotatable bonds is 5. The molecule has 4 nitrogen and oxygen atoms in total. The van der Waals surface area contributed by atoms with Crippen LogP contribution >= 0.6 is 15.9 Å². The zero-order valence-corrected chi connectivity index (χ0v) is 10.8. The summed E-state index contributed by atoms with van der Waals surface area (Å²) in [5.41, 5.74) is 12.2. The molecule has 0 aliphatic heterocycles. The predicted molar refractivity (Wildman–Crippen MR) is 69.6 cm³/mol. The zero-order chi connectivity index (χ0) is 12.1. The Hall–Kier alpha value is -1.07. The largest absolute Gasteiger partial charge is 0.375 e. The molecule has 0 saturated carbocycles. The van der Waals surface area contributed by atoms with Crippen molar-refractivity contribution in [2.75, 3.05) is 25.0 Å². The lowest BCUT2D eigenvalue weighted by molar-refractivity contribution is 0.0999. The van der Waals surface area contributed by atoms with Gasteiger partial charge in [0.05, 0.1) is 5.56 Å². The number of amides is 1. The van der Waals surface area contributed by atoms with E-state index in [0.29, 0.717) is 12.1 Å². The number of halogens is 1. The van der Waals surface area contributed by atoms with Crippen molar-refractivity contribution in [3.8, 4) is 0 Å². The highest BCUT2D eigenvalue weighted by molar-refractivity contribution is 9.10. The average Bonchev–Trinajstić information content (AvgIpc) is 2.25. The first-order valence-corrected chi connectivity index (χ1v) is 5.86. The Morgan fingerprint density at radius 2 is 2.19 bits per heavy atom. The molecule has 0 bridgehead atoms. The fourth-order valence-electron chi connectivity index (χ4n) is 1.40. The van der Waals surface area contributed by atoms with Crippen LogP contribution in [-0.4, -0.2) is 26.0 Å². The molecule has 5 heteroatoms. The Bertz CT molecular complexity index is 381. The summed E-state index contributed by atoms with van der Waals surface area (Å²) in [6.07, 6.45) is 0.936. The van der Waals surface area contributed by atoms with Crippen LogP contribution in [0.15, 0.2) is 22.7 Å². The number of carbonyl (C=O) groups excluding carboxylic acids is 1. The Balaban J connectivity index is 2.84. The molecule has 88 valence electrons. The molecule has 0 heterocycles. The van der Waals surface area contributed by atoms with Crippen LogP contribution < -0.4 is 16.4 Å². The molecule has 0 unspecified atom stereocenters. The SMILES string of the molecule is CN(CCCN)c1ccc(C(N)=O)c(Br)c1. The molecule has 1 aromatic rings. The summed E-state index contributed by atoms with van der Waals surface area (Å²) in [4.78, 5) is 13.1. The smallest absolute Gasteiger partial charge is 0.249 e. The van der Waals surface area contributed by atoms with Crippen LogP contribution in [0, 0.1) is 0 Å². The normalized spacial score (nSPS) is 10.2. The molecule has 0 fully saturated rings. The quantitative estimate of drug-likeness (QED) is 0.857. The maximum Gasteiger partial charge on any atom is 0.249 e. The van der Waals surface area contributed by atoms with Gasteiger partial charge in [0, 0.05) is 23.8 Å². The second-order valence-electron chi connectivity index (χ2n) is 3.59. The number of hydrogen-bond acceptors (Lipinski definition) is 3. The molecule has 0 saturated heterocycles. The van der Waals surface area contributed by atoms with Crippen molar-refractivity contribution in [2.24, 2.45) is 11.5 Å². The minimum Gasteiger partial charge on any atom is -0.375 e. The number of carbonyl (C=O) groups is 1. The Morgan fingerprint density at radius 1 is 1.50 bits per heavy atom. The van der Waals surface area contributed by atoms with E-state index in [-0.39, 0.29) is 0 Å². The van der Waals surface area contributed by atoms with Gasteiger partial charge >= 0.3 is 0 Å². The van der Waals surface area contributed by atoms with Gasteiger partial charge in [0.15, 0.2) is 0 Å². The van der Waals surface area contributed by atoms with E-state index in [1.807, 2.05) is 19.2 Å². The number of hydrogen-bond donors (Lipinski definition) is 2. The van der Waals surface area contributed by atoms with E-state index >= 15 is 0 Å². The van der Waals surface area contributed by atoms with E-state index in [1.165, 1.54) is 0 Å². The lowest BCUT2D eigenvalue weighted by Crippen LogP contribution is -2.21. The van der Waals surface area contributed by atoms with Crippen molar-refractivity contribution in [3.63, 3.8) is 0 Å². The molecular formula is C11H16BrN3O. The minimum absolute atomic E-state index is 0.428. The van der Waals surface area contributed by atoms with E-state index in [1.54, 1.807) is 6.07 Å². The first-order valence-electron chi connectivity index (χ1n) is 5.07. The first-order chi connectivity index (χ1) is 7.56. The van der Waals surface area contributed by atoms with Gasteiger partial charge in [-0.25, -0.2) is 0 Å². The topological polar surface area (TPSA) is 72.3 Å². The van der Waals surface area contributed by atoms with E-state index in [9.17, 15) is 4.79 Å². The van der Waals surface area contributed by atoms with Crippen molar-refractivity contribution in [3.05, 3.63) is 28.2 Å². The molecule has 0 aliphatic carbocycles. The molecule has 0 spiro atoms. The summed E-state index contributed by atoms with van der Waals surface area (Å²) >= 11 is 3.33. The molecule has 0 aliphatic rings. The molecule has 0 aromatic heterocycles. The van der Waals surface area contributed by atoms with Gasteiger partial charge < -0.3 is 16.4 Å². The molecule has 16 heavy (non-hydrogen) atoms. The molecule has 0 radical (unpaired) electrons. The zero-order valence-electron chi connectivity index (χ0n) is 9.24. The van der Waals surface area contributed by atoms with E-state index in [2.05, 4.69) is 20.8 Å². The number of primary amides is 1. The lowest BCUT2D eigenvalue weighted by Gasteiger charge is -2.19. The van der Waals surface area contributed by atoms with Crippen LogP contribution in [-0.2, 0) is 0 Å². The summed E-state index contributed by atoms with van der Waals surface area (Å²) in [5.74, 6) is -0.428. The van der Waals surface area contributed by atoms with Gasteiger partial charge in [0.1, 0.15) is 0 Å². The molecule has 0 atom stereocenters. The number of benzene rings is 1. The highest BCUT2D eigenvalue weighted by atomic mass is 79.9. The van der Waals surface area contributed by atoms with Crippen LogP contribution in [0.4, 0.5) is 5.69 Å². The fourth-order valence-corrected chi connectivity index (χ4v) is 1.96. The fraction of sp³-hybridized carbons (Fsp3) is 0.364. The Morgan fingerprint density at radius 3 is 2.69 bits per heavy atom. The van der Waals surface area contributed by atoms with Crippen LogP contribution in [0.1, 0.15) is 16.8 Å². The maximum atomic E-state index is 11.0. The van der Waals surface area contributed by atoms with Crippen LogP contribution in [0.3, 0.4) is 0 Å². The van der Waals surface area contributed by atoms with Crippen molar-refractivity contribution < 1.29 is 4.79 Å². The maximum absolute atomic E-state index is 11.0. The average molecular weight is 286 g/mol. The van der Waals surface area contributed by atoms with Crippen molar-refractivity contribution in [1.29, 1.82) is 0 Å². The second kappa shape index (κ2) is 5.86. The van der Waals surface area contributed by atoms with Gasteiger partial charge in [0.25, 0.3) is 0 Å². The van der Waals surface area contributed by atoms with Gasteiger partial charge in [-0.2, -0.15) is 0 Å².